The van der Waals surface area contributed by atoms with E-state index in [-0.39, 0.29) is 9.30 Å². The van der Waals surface area contributed by atoms with Crippen LogP contribution in [-0.2, 0) is 0 Å². The van der Waals surface area contributed by atoms with Crippen LogP contribution in [0.15, 0.2) is 16.6 Å². The van der Waals surface area contributed by atoms with Gasteiger partial charge in [0.2, 0.25) is 0 Å². The Morgan fingerprint density at radius 1 is 1.25 bits per heavy atom. The van der Waals surface area contributed by atoms with Crippen molar-refractivity contribution in [3.05, 3.63) is 33.8 Å². The van der Waals surface area contributed by atoms with Crippen molar-refractivity contribution in [2.45, 2.75) is 11.8 Å². The number of hydrogen-bond donors (Lipinski definition) is 0. The summed E-state index contributed by atoms with van der Waals surface area (Å²) < 4.78 is 26.1. The van der Waals surface area contributed by atoms with Gasteiger partial charge >= 0.3 is 0 Å². The van der Waals surface area contributed by atoms with Crippen LogP contribution >= 0.6 is 31.9 Å². The van der Waals surface area contributed by atoms with Gasteiger partial charge in [-0.25, -0.2) is 8.78 Å². The van der Waals surface area contributed by atoms with E-state index in [1.165, 1.54) is 6.07 Å². The van der Waals surface area contributed by atoms with Crippen molar-refractivity contribution in [1.29, 1.82) is 0 Å². The lowest BCUT2D eigenvalue weighted by atomic mass is 10.1. The predicted octanol–water partition coefficient (Wildman–Crippen LogP) is 4.18. The van der Waals surface area contributed by atoms with Gasteiger partial charge in [0.1, 0.15) is 11.6 Å². The number of benzene rings is 1. The van der Waals surface area contributed by atoms with Gasteiger partial charge in [0.05, 0.1) is 4.47 Å². The van der Waals surface area contributed by atoms with Crippen LogP contribution in [0.2, 0.25) is 0 Å². The van der Waals surface area contributed by atoms with Crippen molar-refractivity contribution in [3.63, 3.8) is 0 Å². The molecule has 0 saturated heterocycles. The lowest BCUT2D eigenvalue weighted by molar-refractivity contribution is 0.581. The average molecular weight is 300 g/mol. The fourth-order valence-electron chi connectivity index (χ4n) is 0.843. The topological polar surface area (TPSA) is 0 Å². The molecule has 12 heavy (non-hydrogen) atoms. The summed E-state index contributed by atoms with van der Waals surface area (Å²) in [6.45, 7) is 1.74. The molecule has 0 aliphatic rings. The van der Waals surface area contributed by atoms with Gasteiger partial charge in [0.15, 0.2) is 0 Å². The van der Waals surface area contributed by atoms with Gasteiger partial charge in [-0.05, 0) is 35.0 Å². The monoisotopic (exact) mass is 298 g/mol. The van der Waals surface area contributed by atoms with E-state index < -0.39 is 11.6 Å². The maximum Gasteiger partial charge on any atom is 0.137 e. The van der Waals surface area contributed by atoms with E-state index in [0.717, 1.165) is 6.07 Å². The molecule has 1 aromatic carbocycles. The fraction of sp³-hybridized carbons (Fsp3) is 0.250. The summed E-state index contributed by atoms with van der Waals surface area (Å²) in [5.74, 6) is -0.856. The Morgan fingerprint density at radius 3 is 2.33 bits per heavy atom. The first-order chi connectivity index (χ1) is 5.52. The Labute approximate surface area is 86.2 Å². The first kappa shape index (κ1) is 10.1. The zero-order chi connectivity index (χ0) is 9.30. The number of rotatable bonds is 1. The highest BCUT2D eigenvalue weighted by molar-refractivity contribution is 9.10. The maximum atomic E-state index is 13.1. The summed E-state index contributed by atoms with van der Waals surface area (Å²) in [4.78, 5) is -0.180. The van der Waals surface area contributed by atoms with E-state index in [9.17, 15) is 8.78 Å². The van der Waals surface area contributed by atoms with E-state index in [2.05, 4.69) is 31.9 Å². The van der Waals surface area contributed by atoms with Crippen LogP contribution in [0, 0.1) is 11.6 Å². The lowest BCUT2D eigenvalue weighted by Gasteiger charge is -2.05. The molecule has 0 spiro atoms. The Morgan fingerprint density at radius 2 is 1.83 bits per heavy atom. The highest BCUT2D eigenvalue weighted by atomic mass is 79.9. The van der Waals surface area contributed by atoms with E-state index in [0.29, 0.717) is 5.56 Å². The van der Waals surface area contributed by atoms with Gasteiger partial charge in [-0.3, -0.25) is 0 Å². The van der Waals surface area contributed by atoms with Crippen molar-refractivity contribution < 1.29 is 8.78 Å². The maximum absolute atomic E-state index is 13.1. The normalized spacial score (nSPS) is 13.1. The number of alkyl halides is 1. The smallest absolute Gasteiger partial charge is 0.137 e. The molecule has 0 heterocycles. The van der Waals surface area contributed by atoms with E-state index >= 15 is 0 Å². The first-order valence-electron chi connectivity index (χ1n) is 3.31. The lowest BCUT2D eigenvalue weighted by Crippen LogP contribution is -1.92. The summed E-state index contributed by atoms with van der Waals surface area (Å²) in [7, 11) is 0. The van der Waals surface area contributed by atoms with Crippen LogP contribution in [0.5, 0.6) is 0 Å². The molecule has 0 fully saturated rings. The van der Waals surface area contributed by atoms with Crippen LogP contribution < -0.4 is 0 Å². The van der Waals surface area contributed by atoms with Crippen molar-refractivity contribution >= 4 is 31.9 Å². The summed E-state index contributed by atoms with van der Waals surface area (Å²) in [6.07, 6.45) is 0. The Balaban J connectivity index is 3.23. The minimum Gasteiger partial charge on any atom is -0.207 e. The average Bonchev–Trinajstić information content (AvgIpc) is 1.96. The molecule has 4 heteroatoms. The molecule has 0 nitrogen and oxygen atoms in total. The van der Waals surface area contributed by atoms with Gasteiger partial charge in [-0.2, -0.15) is 0 Å². The van der Waals surface area contributed by atoms with Crippen LogP contribution in [-0.4, -0.2) is 0 Å². The SMILES string of the molecule is CC(Br)c1cc(F)c(Br)cc1F. The molecule has 0 aromatic heterocycles. The van der Waals surface area contributed by atoms with Gasteiger partial charge < -0.3 is 0 Å². The van der Waals surface area contributed by atoms with Crippen molar-refractivity contribution in [1.82, 2.24) is 0 Å². The minimum absolute atomic E-state index is 0.150. The largest absolute Gasteiger partial charge is 0.207 e. The quantitative estimate of drug-likeness (QED) is 0.539. The molecule has 1 unspecified atom stereocenters. The molecule has 0 N–H and O–H groups in total. The number of hydrogen-bond acceptors (Lipinski definition) is 0. The second kappa shape index (κ2) is 3.83. The number of halogens is 4. The van der Waals surface area contributed by atoms with Crippen molar-refractivity contribution in [3.8, 4) is 0 Å². The fourth-order valence-corrected chi connectivity index (χ4v) is 1.51. The van der Waals surface area contributed by atoms with E-state index in [4.69, 9.17) is 0 Å². The highest BCUT2D eigenvalue weighted by Gasteiger charge is 2.11. The zero-order valence-electron chi connectivity index (χ0n) is 6.24. The Hall–Kier alpha value is 0.0400. The van der Waals surface area contributed by atoms with Crippen LogP contribution in [0.25, 0.3) is 0 Å². The van der Waals surface area contributed by atoms with Crippen LogP contribution in [0.1, 0.15) is 17.3 Å². The van der Waals surface area contributed by atoms with Gasteiger partial charge in [-0.1, -0.05) is 15.9 Å². The van der Waals surface area contributed by atoms with Gasteiger partial charge in [-0.15, -0.1) is 0 Å². The summed E-state index contributed by atoms with van der Waals surface area (Å²) >= 11 is 6.07. The third-order valence-corrected chi connectivity index (χ3v) is 2.57. The van der Waals surface area contributed by atoms with Gasteiger partial charge in [0, 0.05) is 10.4 Å². The molecule has 0 radical (unpaired) electrons. The summed E-state index contributed by atoms with van der Waals surface area (Å²) in [6, 6.07) is 2.31. The van der Waals surface area contributed by atoms with Crippen molar-refractivity contribution in [2.75, 3.05) is 0 Å². The molecule has 0 aliphatic carbocycles. The molecule has 66 valence electrons. The van der Waals surface area contributed by atoms with Gasteiger partial charge in [0.25, 0.3) is 0 Å². The highest BCUT2D eigenvalue weighted by Crippen LogP contribution is 2.28. The Kier molecular flexibility index (Phi) is 3.23. The minimum atomic E-state index is -0.447. The molecule has 0 aliphatic heterocycles. The molecule has 0 saturated carbocycles. The standard InChI is InChI=1S/C8H6Br2F2/c1-4(9)5-2-8(12)6(10)3-7(5)11/h2-4H,1H3. The zero-order valence-corrected chi connectivity index (χ0v) is 9.42. The molecule has 0 bridgehead atoms. The molecular weight excluding hydrogens is 294 g/mol. The molecule has 1 aromatic rings. The second-order valence-electron chi connectivity index (χ2n) is 2.40. The Bertz CT molecular complexity index is 297. The predicted molar refractivity (Wildman–Crippen MR) is 51.4 cm³/mol. The molecule has 1 atom stereocenters. The molecule has 0 amide bonds. The summed E-state index contributed by atoms with van der Waals surface area (Å²) in [5, 5.41) is 0. The van der Waals surface area contributed by atoms with Crippen LogP contribution in [0.4, 0.5) is 8.78 Å². The first-order valence-corrected chi connectivity index (χ1v) is 5.01. The third kappa shape index (κ3) is 2.04. The molecular formula is C8H6Br2F2. The van der Waals surface area contributed by atoms with E-state index in [1.54, 1.807) is 6.92 Å². The third-order valence-electron chi connectivity index (χ3n) is 1.47. The van der Waals surface area contributed by atoms with Crippen LogP contribution in [0.3, 0.4) is 0 Å². The summed E-state index contributed by atoms with van der Waals surface area (Å²) in [5.41, 5.74) is 0.329. The van der Waals surface area contributed by atoms with E-state index in [1.807, 2.05) is 0 Å². The van der Waals surface area contributed by atoms with Crippen molar-refractivity contribution in [2.24, 2.45) is 0 Å². The molecule has 1 rings (SSSR count). The second-order valence-corrected chi connectivity index (χ2v) is 4.63.